The first-order valence-electron chi connectivity index (χ1n) is 5.40. The maximum atomic E-state index is 12.3. The summed E-state index contributed by atoms with van der Waals surface area (Å²) in [6.45, 7) is 0.362. The third-order valence-corrected chi connectivity index (χ3v) is 4.96. The Morgan fingerprint density at radius 1 is 1.33 bits per heavy atom. The van der Waals surface area contributed by atoms with Crippen LogP contribution >= 0.6 is 11.6 Å². The highest BCUT2D eigenvalue weighted by Crippen LogP contribution is 2.27. The summed E-state index contributed by atoms with van der Waals surface area (Å²) in [6.07, 6.45) is 2.01. The summed E-state index contributed by atoms with van der Waals surface area (Å²) in [5.74, 6) is 0. The Bertz CT molecular complexity index is 579. The number of rotatable bonds is 3. The molecule has 0 radical (unpaired) electrons. The molecule has 1 saturated heterocycles. The lowest BCUT2D eigenvalue weighted by atomic mass is 10.3. The van der Waals surface area contributed by atoms with E-state index >= 15 is 0 Å². The van der Waals surface area contributed by atoms with Gasteiger partial charge in [-0.2, -0.15) is 9.30 Å². The third-order valence-electron chi connectivity index (χ3n) is 2.80. The van der Waals surface area contributed by atoms with Gasteiger partial charge in [-0.15, -0.1) is 0 Å². The SMILES string of the molecule is O=C=NC1CCCN1S(=O)(=O)c1ccc(Cl)cc1. The molecule has 1 aromatic carbocycles. The van der Waals surface area contributed by atoms with Gasteiger partial charge in [0.05, 0.1) is 4.90 Å². The van der Waals surface area contributed by atoms with Crippen molar-refractivity contribution in [2.45, 2.75) is 23.9 Å². The van der Waals surface area contributed by atoms with Crippen LogP contribution < -0.4 is 0 Å². The van der Waals surface area contributed by atoms with Crippen LogP contribution in [0.1, 0.15) is 12.8 Å². The highest BCUT2D eigenvalue weighted by molar-refractivity contribution is 7.89. The monoisotopic (exact) mass is 286 g/mol. The topological polar surface area (TPSA) is 66.8 Å². The molecule has 0 N–H and O–H groups in total. The maximum absolute atomic E-state index is 12.3. The fourth-order valence-corrected chi connectivity index (χ4v) is 3.65. The van der Waals surface area contributed by atoms with Crippen LogP contribution in [0.5, 0.6) is 0 Å². The summed E-state index contributed by atoms with van der Waals surface area (Å²) in [4.78, 5) is 14.0. The lowest BCUT2D eigenvalue weighted by molar-refractivity contribution is 0.395. The highest BCUT2D eigenvalue weighted by atomic mass is 35.5. The number of nitrogens with zero attached hydrogens (tertiary/aromatic N) is 2. The minimum Gasteiger partial charge on any atom is -0.211 e. The average Bonchev–Trinajstić information content (AvgIpc) is 2.79. The van der Waals surface area contributed by atoms with E-state index in [0.29, 0.717) is 24.4 Å². The number of sulfonamides is 1. The summed E-state index contributed by atoms with van der Waals surface area (Å²) in [6, 6.07) is 5.92. The number of hydrogen-bond acceptors (Lipinski definition) is 4. The minimum absolute atomic E-state index is 0.153. The van der Waals surface area contributed by atoms with Gasteiger partial charge in [-0.1, -0.05) is 11.6 Å². The van der Waals surface area contributed by atoms with Crippen molar-refractivity contribution in [3.8, 4) is 0 Å². The summed E-state index contributed by atoms with van der Waals surface area (Å²) in [5, 5.41) is 0.470. The Morgan fingerprint density at radius 3 is 2.61 bits per heavy atom. The van der Waals surface area contributed by atoms with Crippen molar-refractivity contribution in [1.29, 1.82) is 0 Å². The van der Waals surface area contributed by atoms with Crippen molar-refractivity contribution in [3.63, 3.8) is 0 Å². The minimum atomic E-state index is -3.62. The normalized spacial score (nSPS) is 20.6. The molecular weight excluding hydrogens is 276 g/mol. The fraction of sp³-hybridized carbons (Fsp3) is 0.364. The number of carbonyl (C=O) groups excluding carboxylic acids is 1. The number of isocyanates is 1. The predicted octanol–water partition coefficient (Wildman–Crippen LogP) is 1.79. The van der Waals surface area contributed by atoms with E-state index in [1.54, 1.807) is 0 Å². The van der Waals surface area contributed by atoms with Crippen LogP contribution in [0.2, 0.25) is 5.02 Å². The van der Waals surface area contributed by atoms with Gasteiger partial charge in [-0.25, -0.2) is 13.2 Å². The molecule has 1 aromatic rings. The van der Waals surface area contributed by atoms with Crippen LogP contribution in [0, 0.1) is 0 Å². The molecule has 0 bridgehead atoms. The molecule has 1 atom stereocenters. The van der Waals surface area contributed by atoms with Crippen LogP contribution in [0.4, 0.5) is 0 Å². The van der Waals surface area contributed by atoms with E-state index in [2.05, 4.69) is 4.99 Å². The molecule has 1 heterocycles. The summed E-state index contributed by atoms with van der Waals surface area (Å²) in [7, 11) is -3.62. The molecule has 18 heavy (non-hydrogen) atoms. The number of benzene rings is 1. The first-order chi connectivity index (χ1) is 8.55. The first-order valence-corrected chi connectivity index (χ1v) is 7.22. The smallest absolute Gasteiger partial charge is 0.211 e. The van der Waals surface area contributed by atoms with Crippen molar-refractivity contribution in [2.75, 3.05) is 6.54 Å². The van der Waals surface area contributed by atoms with E-state index in [9.17, 15) is 13.2 Å². The Balaban J connectivity index is 2.36. The molecule has 5 nitrogen and oxygen atoms in total. The van der Waals surface area contributed by atoms with Crippen LogP contribution in [-0.2, 0) is 14.8 Å². The van der Waals surface area contributed by atoms with E-state index in [1.165, 1.54) is 34.7 Å². The van der Waals surface area contributed by atoms with Crippen LogP contribution in [0.25, 0.3) is 0 Å². The van der Waals surface area contributed by atoms with Gasteiger partial charge >= 0.3 is 0 Å². The van der Waals surface area contributed by atoms with Crippen molar-refractivity contribution < 1.29 is 13.2 Å². The van der Waals surface area contributed by atoms with E-state index in [-0.39, 0.29) is 4.90 Å². The zero-order chi connectivity index (χ0) is 13.2. The van der Waals surface area contributed by atoms with Gasteiger partial charge in [-0.3, -0.25) is 0 Å². The van der Waals surface area contributed by atoms with E-state index in [0.717, 1.165) is 0 Å². The van der Waals surface area contributed by atoms with Crippen LogP contribution in [0.15, 0.2) is 34.2 Å². The van der Waals surface area contributed by atoms with E-state index in [4.69, 9.17) is 11.6 Å². The van der Waals surface area contributed by atoms with Crippen LogP contribution in [0.3, 0.4) is 0 Å². The zero-order valence-electron chi connectivity index (χ0n) is 9.41. The van der Waals surface area contributed by atoms with E-state index in [1.807, 2.05) is 0 Å². The quantitative estimate of drug-likeness (QED) is 0.628. The summed E-state index contributed by atoms with van der Waals surface area (Å²) < 4.78 is 25.9. The molecule has 0 amide bonds. The van der Waals surface area contributed by atoms with Crippen molar-refractivity contribution in [3.05, 3.63) is 29.3 Å². The molecule has 1 aliphatic rings. The number of halogens is 1. The van der Waals surface area contributed by atoms with Gasteiger partial charge in [0.25, 0.3) is 0 Å². The molecule has 0 aromatic heterocycles. The van der Waals surface area contributed by atoms with Gasteiger partial charge in [0.15, 0.2) is 0 Å². The standard InChI is InChI=1S/C11H11ClN2O3S/c12-9-3-5-10(6-4-9)18(16,17)14-7-1-2-11(14)13-8-15/h3-6,11H,1-2,7H2. The van der Waals surface area contributed by atoms with Gasteiger partial charge in [0, 0.05) is 11.6 Å². The second-order valence-corrected chi connectivity index (χ2v) is 6.24. The van der Waals surface area contributed by atoms with Gasteiger partial charge in [0.1, 0.15) is 6.17 Å². The second-order valence-electron chi connectivity index (χ2n) is 3.91. The predicted molar refractivity (Wildman–Crippen MR) is 66.5 cm³/mol. The Kier molecular flexibility index (Phi) is 3.82. The lowest BCUT2D eigenvalue weighted by Crippen LogP contribution is -2.34. The van der Waals surface area contributed by atoms with Crippen molar-refractivity contribution in [2.24, 2.45) is 4.99 Å². The molecule has 2 rings (SSSR count). The maximum Gasteiger partial charge on any atom is 0.244 e. The lowest BCUT2D eigenvalue weighted by Gasteiger charge is -2.19. The molecule has 0 aliphatic carbocycles. The zero-order valence-corrected chi connectivity index (χ0v) is 11.0. The Labute approximate surface area is 110 Å². The average molecular weight is 287 g/mol. The number of hydrogen-bond donors (Lipinski definition) is 0. The summed E-state index contributed by atoms with van der Waals surface area (Å²) >= 11 is 5.72. The van der Waals surface area contributed by atoms with Crippen molar-refractivity contribution >= 4 is 27.7 Å². The second kappa shape index (κ2) is 5.20. The largest absolute Gasteiger partial charge is 0.244 e. The van der Waals surface area contributed by atoms with Gasteiger partial charge in [-0.05, 0) is 37.1 Å². The van der Waals surface area contributed by atoms with Gasteiger partial charge in [0.2, 0.25) is 16.1 Å². The van der Waals surface area contributed by atoms with Crippen LogP contribution in [-0.4, -0.2) is 31.5 Å². The first kappa shape index (κ1) is 13.2. The molecule has 1 unspecified atom stereocenters. The molecule has 0 saturated carbocycles. The third kappa shape index (κ3) is 2.47. The Morgan fingerprint density at radius 2 is 2.00 bits per heavy atom. The number of aliphatic imine (C=N–C) groups is 1. The fourth-order valence-electron chi connectivity index (χ4n) is 1.93. The van der Waals surface area contributed by atoms with Crippen molar-refractivity contribution in [1.82, 2.24) is 4.31 Å². The summed E-state index contributed by atoms with van der Waals surface area (Å²) in [5.41, 5.74) is 0. The molecule has 7 heteroatoms. The molecule has 1 fully saturated rings. The molecule has 1 aliphatic heterocycles. The Hall–Kier alpha value is -1.20. The molecular formula is C11H11ClN2O3S. The highest BCUT2D eigenvalue weighted by Gasteiger charge is 2.35. The van der Waals surface area contributed by atoms with Gasteiger partial charge < -0.3 is 0 Å². The molecule has 96 valence electrons. The molecule has 0 spiro atoms. The van der Waals surface area contributed by atoms with E-state index < -0.39 is 16.2 Å².